The van der Waals surface area contributed by atoms with Crippen LogP contribution in [-0.4, -0.2) is 15.9 Å². The van der Waals surface area contributed by atoms with E-state index in [1.165, 1.54) is 12.8 Å². The molecule has 1 amide bonds. The number of amides is 1. The highest BCUT2D eigenvalue weighted by Crippen LogP contribution is 2.32. The van der Waals surface area contributed by atoms with Crippen LogP contribution in [0.3, 0.4) is 0 Å². The van der Waals surface area contributed by atoms with Crippen LogP contribution in [0.4, 0.5) is 5.82 Å². The van der Waals surface area contributed by atoms with Gasteiger partial charge in [0.1, 0.15) is 17.2 Å². The number of aromatic nitrogens is 2. The molecule has 1 aliphatic rings. The number of rotatable bonds is 3. The largest absolute Gasteiger partial charge is 0.383 e. The number of nitrogen functional groups attached to an aromatic ring is 1. The first-order valence-corrected chi connectivity index (χ1v) is 5.00. The Morgan fingerprint density at radius 2 is 2.13 bits per heavy atom. The summed E-state index contributed by atoms with van der Waals surface area (Å²) in [5.41, 5.74) is 11.7. The number of primary amides is 1. The van der Waals surface area contributed by atoms with Crippen molar-refractivity contribution >= 4 is 11.7 Å². The van der Waals surface area contributed by atoms with Gasteiger partial charge in [0.2, 0.25) is 0 Å². The first kappa shape index (κ1) is 9.89. The fourth-order valence-electron chi connectivity index (χ4n) is 1.63. The van der Waals surface area contributed by atoms with E-state index < -0.39 is 5.91 Å². The lowest BCUT2D eigenvalue weighted by atomic mass is 10.2. The molecule has 0 radical (unpaired) electrons. The zero-order chi connectivity index (χ0) is 11.0. The Balaban J connectivity index is 2.32. The molecular formula is C10H14N4O. The van der Waals surface area contributed by atoms with Crippen molar-refractivity contribution in [2.24, 2.45) is 11.7 Å². The Bertz CT molecular complexity index is 389. The minimum Gasteiger partial charge on any atom is -0.383 e. The molecule has 15 heavy (non-hydrogen) atoms. The quantitative estimate of drug-likeness (QED) is 0.749. The van der Waals surface area contributed by atoms with Crippen molar-refractivity contribution in [1.82, 2.24) is 9.97 Å². The average molecular weight is 206 g/mol. The number of carbonyl (C=O) groups excluding carboxylic acids is 1. The second kappa shape index (κ2) is 3.49. The van der Waals surface area contributed by atoms with Crippen molar-refractivity contribution in [3.05, 3.63) is 17.1 Å². The van der Waals surface area contributed by atoms with Gasteiger partial charge in [-0.1, -0.05) is 0 Å². The number of hydrogen-bond donors (Lipinski definition) is 2. The fraction of sp³-hybridized carbons (Fsp3) is 0.500. The second-order valence-corrected chi connectivity index (χ2v) is 4.00. The van der Waals surface area contributed by atoms with E-state index in [1.807, 2.05) is 0 Å². The molecule has 0 atom stereocenters. The van der Waals surface area contributed by atoms with E-state index in [0.717, 1.165) is 12.2 Å². The van der Waals surface area contributed by atoms with Crippen molar-refractivity contribution in [2.75, 3.05) is 5.73 Å². The van der Waals surface area contributed by atoms with Crippen molar-refractivity contribution in [1.29, 1.82) is 0 Å². The third-order valence-corrected chi connectivity index (χ3v) is 2.58. The third kappa shape index (κ3) is 2.06. The molecule has 0 spiro atoms. The van der Waals surface area contributed by atoms with Crippen LogP contribution in [0.25, 0.3) is 0 Å². The number of nitrogens with zero attached hydrogens (tertiary/aromatic N) is 2. The molecule has 0 aromatic carbocycles. The van der Waals surface area contributed by atoms with Gasteiger partial charge in [0.25, 0.3) is 5.91 Å². The summed E-state index contributed by atoms with van der Waals surface area (Å²) < 4.78 is 0. The molecular weight excluding hydrogens is 192 g/mol. The van der Waals surface area contributed by atoms with Crippen LogP contribution in [-0.2, 0) is 6.42 Å². The van der Waals surface area contributed by atoms with E-state index >= 15 is 0 Å². The van der Waals surface area contributed by atoms with Gasteiger partial charge in [0, 0.05) is 6.42 Å². The summed E-state index contributed by atoms with van der Waals surface area (Å²) in [5.74, 6) is 1.05. The molecule has 1 aliphatic carbocycles. The monoisotopic (exact) mass is 206 g/mol. The number of aryl methyl sites for hydroxylation is 1. The fourth-order valence-corrected chi connectivity index (χ4v) is 1.63. The molecule has 80 valence electrons. The Morgan fingerprint density at radius 1 is 1.47 bits per heavy atom. The van der Waals surface area contributed by atoms with Crippen molar-refractivity contribution in [2.45, 2.75) is 26.2 Å². The molecule has 1 fully saturated rings. The van der Waals surface area contributed by atoms with Crippen LogP contribution in [0.1, 0.15) is 34.7 Å². The molecule has 0 bridgehead atoms. The maximum atomic E-state index is 11.1. The topological polar surface area (TPSA) is 94.9 Å². The molecule has 0 unspecified atom stereocenters. The Labute approximate surface area is 87.9 Å². The first-order valence-electron chi connectivity index (χ1n) is 5.00. The Hall–Kier alpha value is -1.65. The highest BCUT2D eigenvalue weighted by molar-refractivity contribution is 5.98. The van der Waals surface area contributed by atoms with Crippen molar-refractivity contribution in [3.63, 3.8) is 0 Å². The zero-order valence-electron chi connectivity index (χ0n) is 8.66. The van der Waals surface area contributed by atoms with Crippen LogP contribution in [0.5, 0.6) is 0 Å². The lowest BCUT2D eigenvalue weighted by molar-refractivity contribution is 0.1000. The summed E-state index contributed by atoms with van der Waals surface area (Å²) in [7, 11) is 0. The highest BCUT2D eigenvalue weighted by atomic mass is 16.1. The van der Waals surface area contributed by atoms with Crippen LogP contribution in [0.15, 0.2) is 0 Å². The van der Waals surface area contributed by atoms with Crippen molar-refractivity contribution in [3.8, 4) is 0 Å². The molecule has 5 nitrogen and oxygen atoms in total. The molecule has 1 aromatic rings. The van der Waals surface area contributed by atoms with Gasteiger partial charge >= 0.3 is 0 Å². The van der Waals surface area contributed by atoms with Crippen LogP contribution >= 0.6 is 0 Å². The van der Waals surface area contributed by atoms with E-state index in [4.69, 9.17) is 11.5 Å². The van der Waals surface area contributed by atoms with E-state index in [9.17, 15) is 4.79 Å². The normalized spacial score (nSPS) is 15.3. The van der Waals surface area contributed by atoms with Gasteiger partial charge in [-0.3, -0.25) is 4.79 Å². The van der Waals surface area contributed by atoms with Gasteiger partial charge in [-0.05, 0) is 25.7 Å². The number of anilines is 1. The van der Waals surface area contributed by atoms with E-state index in [0.29, 0.717) is 11.6 Å². The summed E-state index contributed by atoms with van der Waals surface area (Å²) in [4.78, 5) is 19.4. The second-order valence-electron chi connectivity index (χ2n) is 4.00. The molecule has 0 aliphatic heterocycles. The Morgan fingerprint density at radius 3 is 2.60 bits per heavy atom. The van der Waals surface area contributed by atoms with E-state index in [1.54, 1.807) is 6.92 Å². The lowest BCUT2D eigenvalue weighted by Gasteiger charge is -2.06. The summed E-state index contributed by atoms with van der Waals surface area (Å²) in [5, 5.41) is 0. The number of hydrogen-bond acceptors (Lipinski definition) is 4. The standard InChI is InChI=1S/C10H14N4O/c1-5-8(10(12)15)9(11)14-7(13-5)4-6-2-3-6/h6H,2-4H2,1H3,(H2,12,15)(H2,11,13,14). The minimum atomic E-state index is -0.567. The maximum absolute atomic E-state index is 11.1. The molecule has 1 heterocycles. The summed E-state index contributed by atoms with van der Waals surface area (Å²) >= 11 is 0. The third-order valence-electron chi connectivity index (χ3n) is 2.58. The summed E-state index contributed by atoms with van der Waals surface area (Å²) in [6, 6.07) is 0. The predicted molar refractivity (Wildman–Crippen MR) is 56.1 cm³/mol. The number of carbonyl (C=O) groups is 1. The molecule has 0 saturated heterocycles. The minimum absolute atomic E-state index is 0.200. The van der Waals surface area contributed by atoms with Crippen LogP contribution in [0.2, 0.25) is 0 Å². The van der Waals surface area contributed by atoms with Crippen molar-refractivity contribution < 1.29 is 4.79 Å². The molecule has 1 saturated carbocycles. The van der Waals surface area contributed by atoms with Gasteiger partial charge in [-0.25, -0.2) is 9.97 Å². The van der Waals surface area contributed by atoms with E-state index in [-0.39, 0.29) is 11.4 Å². The molecule has 2 rings (SSSR count). The maximum Gasteiger partial charge on any atom is 0.254 e. The molecule has 5 heteroatoms. The summed E-state index contributed by atoms with van der Waals surface area (Å²) in [6.45, 7) is 1.73. The van der Waals surface area contributed by atoms with Gasteiger partial charge in [0.05, 0.1) is 5.69 Å². The van der Waals surface area contributed by atoms with Crippen LogP contribution < -0.4 is 11.5 Å². The lowest BCUT2D eigenvalue weighted by Crippen LogP contribution is -2.18. The highest BCUT2D eigenvalue weighted by Gasteiger charge is 2.24. The van der Waals surface area contributed by atoms with Gasteiger partial charge in [-0.15, -0.1) is 0 Å². The van der Waals surface area contributed by atoms with Crippen LogP contribution in [0, 0.1) is 12.8 Å². The zero-order valence-corrected chi connectivity index (χ0v) is 8.66. The van der Waals surface area contributed by atoms with E-state index in [2.05, 4.69) is 9.97 Å². The first-order chi connectivity index (χ1) is 7.08. The molecule has 1 aromatic heterocycles. The number of nitrogens with two attached hydrogens (primary N) is 2. The van der Waals surface area contributed by atoms with Gasteiger partial charge in [-0.2, -0.15) is 0 Å². The summed E-state index contributed by atoms with van der Waals surface area (Å²) in [6.07, 6.45) is 3.32. The predicted octanol–water partition coefficient (Wildman–Crippen LogP) is 0.419. The SMILES string of the molecule is Cc1nc(CC2CC2)nc(N)c1C(N)=O. The Kier molecular flexibility index (Phi) is 2.30. The van der Waals surface area contributed by atoms with Gasteiger partial charge in [0.15, 0.2) is 0 Å². The smallest absolute Gasteiger partial charge is 0.254 e. The van der Waals surface area contributed by atoms with Gasteiger partial charge < -0.3 is 11.5 Å². The average Bonchev–Trinajstić information content (AvgIpc) is 2.85. The molecule has 4 N–H and O–H groups in total.